The average molecular weight is 415 g/mol. The van der Waals surface area contributed by atoms with E-state index in [1.807, 2.05) is 30.1 Å². The molecule has 2 saturated heterocycles. The Morgan fingerprint density at radius 1 is 1.07 bits per heavy atom. The Morgan fingerprint density at radius 2 is 1.74 bits per heavy atom. The minimum atomic E-state index is 0. The fraction of sp³-hybridized carbons (Fsp3) is 0.579. The summed E-state index contributed by atoms with van der Waals surface area (Å²) in [7, 11) is 1.97. The maximum absolute atomic E-state index is 13.0. The zero-order chi connectivity index (χ0) is 17.4. The first-order valence-electron chi connectivity index (χ1n) is 9.27. The Morgan fingerprint density at radius 3 is 2.41 bits per heavy atom. The van der Waals surface area contributed by atoms with Crippen molar-refractivity contribution in [2.24, 2.45) is 11.8 Å². The highest BCUT2D eigenvalue weighted by molar-refractivity contribution is 6.00. The molecule has 0 radical (unpaired) electrons. The first-order valence-corrected chi connectivity index (χ1v) is 9.27. The summed E-state index contributed by atoms with van der Waals surface area (Å²) < 4.78 is 0. The number of halogens is 2. The van der Waals surface area contributed by atoms with Crippen molar-refractivity contribution in [2.45, 2.75) is 19.3 Å². The predicted octanol–water partition coefficient (Wildman–Crippen LogP) is 2.38. The van der Waals surface area contributed by atoms with Gasteiger partial charge >= 0.3 is 0 Å². The van der Waals surface area contributed by atoms with Crippen LogP contribution in [0, 0.1) is 11.8 Å². The third-order valence-electron chi connectivity index (χ3n) is 5.91. The normalized spacial score (nSPS) is 24.4. The van der Waals surface area contributed by atoms with E-state index in [2.05, 4.69) is 15.5 Å². The molecule has 0 aromatic heterocycles. The molecule has 2 atom stereocenters. The van der Waals surface area contributed by atoms with Crippen LogP contribution in [0.4, 0.5) is 11.4 Å². The summed E-state index contributed by atoms with van der Waals surface area (Å²) in [6.45, 7) is 4.51. The summed E-state index contributed by atoms with van der Waals surface area (Å²) in [6.07, 6.45) is 2.62. The number of likely N-dealkylation sites (tertiary alicyclic amines) is 1. The van der Waals surface area contributed by atoms with Crippen LogP contribution in [-0.4, -0.2) is 56.5 Å². The van der Waals surface area contributed by atoms with Crippen LogP contribution in [0.25, 0.3) is 0 Å². The van der Waals surface area contributed by atoms with Gasteiger partial charge in [-0.25, -0.2) is 0 Å². The largest absolute Gasteiger partial charge is 0.372 e. The Bertz CT molecular complexity index is 686. The van der Waals surface area contributed by atoms with Crippen LogP contribution in [0.2, 0.25) is 0 Å². The second-order valence-electron chi connectivity index (χ2n) is 7.50. The lowest BCUT2D eigenvalue weighted by Crippen LogP contribution is -2.32. The molecule has 3 aliphatic heterocycles. The number of rotatable bonds is 1. The van der Waals surface area contributed by atoms with E-state index < -0.39 is 0 Å². The van der Waals surface area contributed by atoms with Gasteiger partial charge in [0.15, 0.2) is 0 Å². The van der Waals surface area contributed by atoms with Gasteiger partial charge in [0.05, 0.1) is 11.4 Å². The van der Waals surface area contributed by atoms with Crippen molar-refractivity contribution in [3.63, 3.8) is 0 Å². The van der Waals surface area contributed by atoms with Gasteiger partial charge < -0.3 is 20.4 Å². The number of anilines is 2. The molecule has 0 aliphatic carbocycles. The SMILES string of the molecule is CN1CCC(=O)Nc2cc(C(=O)N3CC[C@@H]4CNC[C@@H]4CC3)ccc21.Cl.Cl. The molecule has 27 heavy (non-hydrogen) atoms. The molecular weight excluding hydrogens is 387 g/mol. The van der Waals surface area contributed by atoms with Crippen molar-refractivity contribution in [3.05, 3.63) is 23.8 Å². The average Bonchev–Trinajstić information content (AvgIpc) is 2.90. The number of hydrogen-bond donors (Lipinski definition) is 2. The molecule has 0 bridgehead atoms. The van der Waals surface area contributed by atoms with E-state index >= 15 is 0 Å². The molecule has 150 valence electrons. The quantitative estimate of drug-likeness (QED) is 0.740. The lowest BCUT2D eigenvalue weighted by Gasteiger charge is -2.23. The summed E-state index contributed by atoms with van der Waals surface area (Å²) >= 11 is 0. The fourth-order valence-electron chi connectivity index (χ4n) is 4.31. The number of carbonyl (C=O) groups is 2. The lowest BCUT2D eigenvalue weighted by molar-refractivity contribution is -0.115. The van der Waals surface area contributed by atoms with Crippen molar-refractivity contribution in [1.29, 1.82) is 0 Å². The molecule has 4 rings (SSSR count). The van der Waals surface area contributed by atoms with Crippen molar-refractivity contribution < 1.29 is 9.59 Å². The van der Waals surface area contributed by atoms with Gasteiger partial charge in [0.2, 0.25) is 5.91 Å². The minimum absolute atomic E-state index is 0. The Balaban J connectivity index is 0.00000131. The molecule has 2 amide bonds. The number of hydrogen-bond acceptors (Lipinski definition) is 4. The third-order valence-corrected chi connectivity index (χ3v) is 5.91. The summed E-state index contributed by atoms with van der Waals surface area (Å²) in [4.78, 5) is 28.9. The monoisotopic (exact) mass is 414 g/mol. The second-order valence-corrected chi connectivity index (χ2v) is 7.50. The van der Waals surface area contributed by atoms with Gasteiger partial charge in [-0.1, -0.05) is 0 Å². The van der Waals surface area contributed by atoms with Crippen LogP contribution in [0.5, 0.6) is 0 Å². The summed E-state index contributed by atoms with van der Waals surface area (Å²) in [6, 6.07) is 5.68. The van der Waals surface area contributed by atoms with Crippen molar-refractivity contribution in [3.8, 4) is 0 Å². The number of nitrogens with one attached hydrogen (secondary N) is 2. The van der Waals surface area contributed by atoms with Gasteiger partial charge in [-0.05, 0) is 56.0 Å². The van der Waals surface area contributed by atoms with Gasteiger partial charge in [0.1, 0.15) is 0 Å². The van der Waals surface area contributed by atoms with E-state index in [-0.39, 0.29) is 36.6 Å². The molecule has 8 heteroatoms. The zero-order valence-electron chi connectivity index (χ0n) is 15.6. The van der Waals surface area contributed by atoms with E-state index in [1.54, 1.807) is 0 Å². The molecule has 3 aliphatic rings. The van der Waals surface area contributed by atoms with E-state index in [4.69, 9.17) is 0 Å². The second kappa shape index (κ2) is 9.13. The van der Waals surface area contributed by atoms with Gasteiger partial charge in [-0.3, -0.25) is 9.59 Å². The highest BCUT2D eigenvalue weighted by atomic mass is 35.5. The van der Waals surface area contributed by atoms with E-state index in [0.717, 1.165) is 50.4 Å². The molecule has 0 saturated carbocycles. The zero-order valence-corrected chi connectivity index (χ0v) is 17.2. The highest BCUT2D eigenvalue weighted by Crippen LogP contribution is 2.31. The lowest BCUT2D eigenvalue weighted by atomic mass is 9.92. The van der Waals surface area contributed by atoms with Crippen molar-refractivity contribution in [2.75, 3.05) is 50.0 Å². The van der Waals surface area contributed by atoms with Crippen molar-refractivity contribution in [1.82, 2.24) is 10.2 Å². The Labute approximate surface area is 172 Å². The van der Waals surface area contributed by atoms with Gasteiger partial charge in [0.25, 0.3) is 5.91 Å². The maximum Gasteiger partial charge on any atom is 0.253 e. The van der Waals surface area contributed by atoms with Crippen LogP contribution in [-0.2, 0) is 4.79 Å². The molecule has 6 nitrogen and oxygen atoms in total. The first-order chi connectivity index (χ1) is 12.1. The number of amides is 2. The highest BCUT2D eigenvalue weighted by Gasteiger charge is 2.32. The van der Waals surface area contributed by atoms with E-state index in [9.17, 15) is 9.59 Å². The summed E-state index contributed by atoms with van der Waals surface area (Å²) in [5, 5.41) is 6.40. The van der Waals surface area contributed by atoms with Crippen LogP contribution < -0.4 is 15.5 Å². The van der Waals surface area contributed by atoms with Crippen LogP contribution in [0.3, 0.4) is 0 Å². The van der Waals surface area contributed by atoms with E-state index in [0.29, 0.717) is 30.4 Å². The maximum atomic E-state index is 13.0. The van der Waals surface area contributed by atoms with Crippen LogP contribution in [0.1, 0.15) is 29.6 Å². The Hall–Kier alpha value is -1.50. The number of fused-ring (bicyclic) bond motifs is 2. The smallest absolute Gasteiger partial charge is 0.253 e. The molecule has 2 fully saturated rings. The molecule has 1 aromatic carbocycles. The topological polar surface area (TPSA) is 64.7 Å². The van der Waals surface area contributed by atoms with Crippen LogP contribution in [0.15, 0.2) is 18.2 Å². The molecule has 3 heterocycles. The first kappa shape index (κ1) is 21.8. The van der Waals surface area contributed by atoms with Gasteiger partial charge in [-0.2, -0.15) is 0 Å². The molecule has 2 N–H and O–H groups in total. The van der Waals surface area contributed by atoms with Crippen LogP contribution >= 0.6 is 24.8 Å². The third kappa shape index (κ3) is 4.50. The number of carbonyl (C=O) groups excluding carboxylic acids is 2. The molecule has 0 spiro atoms. The molecular formula is C19H28Cl2N4O2. The predicted molar refractivity (Wildman–Crippen MR) is 112 cm³/mol. The van der Waals surface area contributed by atoms with Crippen molar-refractivity contribution >= 4 is 48.0 Å². The summed E-state index contributed by atoms with van der Waals surface area (Å²) in [5.74, 6) is 1.50. The van der Waals surface area contributed by atoms with E-state index in [1.165, 1.54) is 0 Å². The summed E-state index contributed by atoms with van der Waals surface area (Å²) in [5.41, 5.74) is 2.38. The number of nitrogens with zero attached hydrogens (tertiary/aromatic N) is 2. The molecule has 0 unspecified atom stereocenters. The van der Waals surface area contributed by atoms with Gasteiger partial charge in [0, 0.05) is 38.7 Å². The molecule has 1 aromatic rings. The fourth-order valence-corrected chi connectivity index (χ4v) is 4.31. The van der Waals surface area contributed by atoms with Gasteiger partial charge in [-0.15, -0.1) is 24.8 Å². The Kier molecular flexibility index (Phi) is 7.37. The minimum Gasteiger partial charge on any atom is -0.372 e. The standard InChI is InChI=1S/C19H26N4O2.2ClH/c1-22-7-6-18(24)21-16-10-13(2-3-17(16)22)19(25)23-8-4-14-11-20-12-15(14)5-9-23;;/h2-3,10,14-15,20H,4-9,11-12H2,1H3,(H,21,24);2*1H/t14-,15+;;. The number of benzene rings is 1.